The molecule has 3 nitrogen and oxygen atoms in total. The Balaban J connectivity index is 1.11. The number of rotatable bonds is 4. The lowest BCUT2D eigenvalue weighted by Crippen LogP contribution is -2.15. The average molecular weight is 668 g/mol. The molecule has 52 heavy (non-hydrogen) atoms. The molecule has 1 aliphatic carbocycles. The van der Waals surface area contributed by atoms with E-state index in [2.05, 4.69) is 170 Å². The van der Waals surface area contributed by atoms with Crippen LogP contribution in [0.4, 0.5) is 17.1 Å². The van der Waals surface area contributed by atoms with Crippen LogP contribution in [0.25, 0.3) is 76.9 Å². The van der Waals surface area contributed by atoms with E-state index in [9.17, 15) is 0 Å². The molecule has 11 rings (SSSR count). The third-order valence-electron chi connectivity index (χ3n) is 11.3. The summed E-state index contributed by atoms with van der Waals surface area (Å²) in [5, 5.41) is 6.78. The fourth-order valence-corrected chi connectivity index (χ4v) is 8.76. The summed E-state index contributed by atoms with van der Waals surface area (Å²) in [6, 6.07) is 58.7. The van der Waals surface area contributed by atoms with Crippen molar-refractivity contribution < 1.29 is 8.83 Å². The molecule has 1 aliphatic rings. The summed E-state index contributed by atoms with van der Waals surface area (Å²) >= 11 is 0. The van der Waals surface area contributed by atoms with Gasteiger partial charge in [-0.1, -0.05) is 129 Å². The lowest BCUT2D eigenvalue weighted by atomic mass is 9.82. The Kier molecular flexibility index (Phi) is 6.01. The number of benzene rings is 8. The number of para-hydroxylation sites is 2. The van der Waals surface area contributed by atoms with Crippen molar-refractivity contribution in [1.29, 1.82) is 0 Å². The van der Waals surface area contributed by atoms with Crippen LogP contribution in [-0.4, -0.2) is 0 Å². The van der Waals surface area contributed by atoms with E-state index in [0.29, 0.717) is 0 Å². The van der Waals surface area contributed by atoms with Crippen LogP contribution in [0.5, 0.6) is 0 Å². The zero-order valence-corrected chi connectivity index (χ0v) is 28.9. The van der Waals surface area contributed by atoms with Crippen molar-refractivity contribution in [2.24, 2.45) is 0 Å². The van der Waals surface area contributed by atoms with Crippen LogP contribution in [0.15, 0.2) is 173 Å². The highest BCUT2D eigenvalue weighted by Crippen LogP contribution is 2.51. The summed E-state index contributed by atoms with van der Waals surface area (Å²) in [5.41, 5.74) is 14.3. The predicted molar refractivity (Wildman–Crippen MR) is 216 cm³/mol. The molecule has 0 saturated heterocycles. The zero-order valence-electron chi connectivity index (χ0n) is 28.9. The van der Waals surface area contributed by atoms with Crippen molar-refractivity contribution >= 4 is 71.7 Å². The Morgan fingerprint density at radius 1 is 0.442 bits per heavy atom. The first-order chi connectivity index (χ1) is 25.5. The summed E-state index contributed by atoms with van der Waals surface area (Å²) in [4.78, 5) is 2.39. The molecule has 246 valence electrons. The smallest absolute Gasteiger partial charge is 0.143 e. The highest BCUT2D eigenvalue weighted by Gasteiger charge is 2.35. The molecule has 3 heteroatoms. The van der Waals surface area contributed by atoms with Gasteiger partial charge in [0, 0.05) is 43.9 Å². The van der Waals surface area contributed by atoms with Gasteiger partial charge in [0.1, 0.15) is 22.3 Å². The fourth-order valence-electron chi connectivity index (χ4n) is 8.76. The molecule has 0 fully saturated rings. The largest absolute Gasteiger partial charge is 0.456 e. The quantitative estimate of drug-likeness (QED) is 0.187. The summed E-state index contributed by atoms with van der Waals surface area (Å²) in [5.74, 6) is 0. The first-order valence-electron chi connectivity index (χ1n) is 17.9. The normalized spacial score (nSPS) is 13.3. The number of hydrogen-bond acceptors (Lipinski definition) is 3. The first kappa shape index (κ1) is 29.2. The molecule has 2 heterocycles. The van der Waals surface area contributed by atoms with E-state index in [1.165, 1.54) is 27.6 Å². The van der Waals surface area contributed by atoms with E-state index in [-0.39, 0.29) is 5.41 Å². The van der Waals surface area contributed by atoms with Gasteiger partial charge >= 0.3 is 0 Å². The standard InChI is InChI=1S/C49H33NO2/c1-49(2)41-17-7-5-13-36(41)40-29-33(26-28-42(40)49)50(43-18-10-20-45-46(43)39-14-6-8-19-44(39)51-45)32-24-21-31(22-25-32)35-15-9-16-37-38-27-23-30-11-3-4-12-34(30)48(38)52-47(35)37/h3-29H,1-2H3. The number of furan rings is 2. The van der Waals surface area contributed by atoms with Gasteiger partial charge in [-0.2, -0.15) is 0 Å². The van der Waals surface area contributed by atoms with Crippen LogP contribution < -0.4 is 4.90 Å². The van der Waals surface area contributed by atoms with Gasteiger partial charge in [-0.05, 0) is 81.7 Å². The van der Waals surface area contributed by atoms with Gasteiger partial charge < -0.3 is 13.7 Å². The first-order valence-corrected chi connectivity index (χ1v) is 17.9. The highest BCUT2D eigenvalue weighted by molar-refractivity contribution is 6.17. The fraction of sp³-hybridized carbons (Fsp3) is 0.0612. The van der Waals surface area contributed by atoms with Crippen LogP contribution in [0.3, 0.4) is 0 Å². The van der Waals surface area contributed by atoms with Crippen LogP contribution in [-0.2, 0) is 5.41 Å². The monoisotopic (exact) mass is 667 g/mol. The highest BCUT2D eigenvalue weighted by atomic mass is 16.3. The maximum Gasteiger partial charge on any atom is 0.143 e. The zero-order chi connectivity index (χ0) is 34.6. The van der Waals surface area contributed by atoms with E-state index in [1.807, 2.05) is 12.1 Å². The van der Waals surface area contributed by atoms with Gasteiger partial charge in [-0.3, -0.25) is 0 Å². The lowest BCUT2D eigenvalue weighted by molar-refractivity contribution is 0.660. The third-order valence-corrected chi connectivity index (χ3v) is 11.3. The van der Waals surface area contributed by atoms with Gasteiger partial charge in [0.2, 0.25) is 0 Å². The van der Waals surface area contributed by atoms with E-state index < -0.39 is 0 Å². The van der Waals surface area contributed by atoms with Crippen LogP contribution in [0, 0.1) is 0 Å². The molecule has 8 aromatic carbocycles. The van der Waals surface area contributed by atoms with E-state index >= 15 is 0 Å². The van der Waals surface area contributed by atoms with Crippen molar-refractivity contribution in [2.45, 2.75) is 19.3 Å². The minimum atomic E-state index is -0.0678. The SMILES string of the molecule is CC1(C)c2ccccc2-c2cc(N(c3ccc(-c4cccc5c4oc4c6ccccc6ccc54)cc3)c3cccc4oc5ccccc5c34)ccc21. The molecule has 0 atom stereocenters. The van der Waals surface area contributed by atoms with E-state index in [0.717, 1.165) is 77.5 Å². The number of hydrogen-bond donors (Lipinski definition) is 0. The van der Waals surface area contributed by atoms with Crippen molar-refractivity contribution in [1.82, 2.24) is 0 Å². The molecule has 2 aromatic heterocycles. The Hall–Kier alpha value is -6.58. The van der Waals surface area contributed by atoms with Crippen LogP contribution in [0.1, 0.15) is 25.0 Å². The molecular formula is C49H33NO2. The van der Waals surface area contributed by atoms with Gasteiger partial charge in [0.25, 0.3) is 0 Å². The van der Waals surface area contributed by atoms with E-state index in [4.69, 9.17) is 8.83 Å². The maximum absolute atomic E-state index is 6.72. The lowest BCUT2D eigenvalue weighted by Gasteiger charge is -2.28. The molecule has 0 N–H and O–H groups in total. The number of fused-ring (bicyclic) bond motifs is 11. The Bertz CT molecular complexity index is 3050. The molecule has 0 unspecified atom stereocenters. The second-order valence-corrected chi connectivity index (χ2v) is 14.5. The minimum absolute atomic E-state index is 0.0678. The molecular weight excluding hydrogens is 635 g/mol. The second kappa shape index (κ2) is 10.7. The number of anilines is 3. The van der Waals surface area contributed by atoms with Crippen molar-refractivity contribution in [3.05, 3.63) is 175 Å². The van der Waals surface area contributed by atoms with Gasteiger partial charge in [0.15, 0.2) is 0 Å². The van der Waals surface area contributed by atoms with Crippen molar-refractivity contribution in [3.8, 4) is 22.3 Å². The molecule has 0 radical (unpaired) electrons. The molecule has 0 amide bonds. The summed E-state index contributed by atoms with van der Waals surface area (Å²) in [7, 11) is 0. The maximum atomic E-state index is 6.72. The second-order valence-electron chi connectivity index (χ2n) is 14.5. The summed E-state index contributed by atoms with van der Waals surface area (Å²) < 4.78 is 13.1. The summed E-state index contributed by atoms with van der Waals surface area (Å²) in [6.45, 7) is 4.66. The molecule has 0 bridgehead atoms. The molecule has 0 aliphatic heterocycles. The van der Waals surface area contributed by atoms with Crippen LogP contribution >= 0.6 is 0 Å². The molecule has 10 aromatic rings. The molecule has 0 spiro atoms. The van der Waals surface area contributed by atoms with Gasteiger partial charge in [-0.25, -0.2) is 0 Å². The third kappa shape index (κ3) is 4.08. The Morgan fingerprint density at radius 3 is 2.02 bits per heavy atom. The van der Waals surface area contributed by atoms with Crippen LogP contribution in [0.2, 0.25) is 0 Å². The van der Waals surface area contributed by atoms with E-state index in [1.54, 1.807) is 0 Å². The molecule has 0 saturated carbocycles. The predicted octanol–water partition coefficient (Wildman–Crippen LogP) is 14.1. The Labute approximate surface area is 301 Å². The number of nitrogens with zero attached hydrogens (tertiary/aromatic N) is 1. The van der Waals surface area contributed by atoms with Gasteiger partial charge in [0.05, 0.1) is 11.1 Å². The van der Waals surface area contributed by atoms with Gasteiger partial charge in [-0.15, -0.1) is 0 Å². The Morgan fingerprint density at radius 2 is 1.12 bits per heavy atom. The van der Waals surface area contributed by atoms with Crippen molar-refractivity contribution in [3.63, 3.8) is 0 Å². The summed E-state index contributed by atoms with van der Waals surface area (Å²) in [6.07, 6.45) is 0. The minimum Gasteiger partial charge on any atom is -0.456 e. The topological polar surface area (TPSA) is 29.5 Å². The van der Waals surface area contributed by atoms with Crippen molar-refractivity contribution in [2.75, 3.05) is 4.90 Å². The average Bonchev–Trinajstić information content (AvgIpc) is 3.84.